The van der Waals surface area contributed by atoms with Gasteiger partial charge in [0.25, 0.3) is 0 Å². The van der Waals surface area contributed by atoms with Crippen LogP contribution in [0.3, 0.4) is 0 Å². The third kappa shape index (κ3) is 1.83. The summed E-state index contributed by atoms with van der Waals surface area (Å²) in [5.41, 5.74) is 0.449. The molecule has 0 spiro atoms. The molecule has 1 unspecified atom stereocenters. The average Bonchev–Trinajstić information content (AvgIpc) is 2.75. The van der Waals surface area contributed by atoms with Crippen LogP contribution >= 0.6 is 22.9 Å². The lowest BCUT2D eigenvalue weighted by Crippen LogP contribution is -2.27. The van der Waals surface area contributed by atoms with Crippen molar-refractivity contribution in [3.63, 3.8) is 0 Å². The van der Waals surface area contributed by atoms with Gasteiger partial charge in [-0.25, -0.2) is 0 Å². The monoisotopic (exact) mass is 229 g/mol. The molecule has 1 atom stereocenters. The minimum absolute atomic E-state index is 0.449. The van der Waals surface area contributed by atoms with E-state index in [4.69, 9.17) is 11.6 Å². The Morgan fingerprint density at radius 1 is 1.64 bits per heavy atom. The number of hydrogen-bond donors (Lipinski definition) is 1. The molecule has 1 nitrogen and oxygen atoms in total. The maximum atomic E-state index is 6.17. The fraction of sp³-hybridized carbons (Fsp3) is 0.636. The lowest BCUT2D eigenvalue weighted by molar-refractivity contribution is 0.379. The van der Waals surface area contributed by atoms with Crippen LogP contribution in [0.15, 0.2) is 11.4 Å². The Hall–Kier alpha value is -0.0500. The van der Waals surface area contributed by atoms with E-state index < -0.39 is 0 Å². The van der Waals surface area contributed by atoms with Gasteiger partial charge in [-0.15, -0.1) is 11.3 Å². The molecule has 2 rings (SSSR count). The molecule has 1 aromatic heterocycles. The van der Waals surface area contributed by atoms with Gasteiger partial charge in [-0.3, -0.25) is 0 Å². The van der Waals surface area contributed by atoms with Crippen LogP contribution in [0.5, 0.6) is 0 Å². The molecular formula is C11H16ClNS. The highest BCUT2D eigenvalue weighted by molar-refractivity contribution is 7.10. The maximum Gasteiger partial charge on any atom is 0.0561 e. The van der Waals surface area contributed by atoms with Gasteiger partial charge in [0.2, 0.25) is 0 Å². The third-order valence-electron chi connectivity index (χ3n) is 3.05. The predicted molar refractivity (Wildman–Crippen MR) is 63.1 cm³/mol. The highest BCUT2D eigenvalue weighted by Gasteiger charge is 2.46. The van der Waals surface area contributed by atoms with Gasteiger partial charge in [0, 0.05) is 10.9 Å². The molecule has 1 aliphatic carbocycles. The van der Waals surface area contributed by atoms with Gasteiger partial charge in [-0.2, -0.15) is 0 Å². The maximum absolute atomic E-state index is 6.17. The molecule has 14 heavy (non-hydrogen) atoms. The molecule has 0 saturated heterocycles. The number of nitrogens with one attached hydrogen (secondary N) is 1. The van der Waals surface area contributed by atoms with Crippen molar-refractivity contribution in [2.24, 2.45) is 5.41 Å². The zero-order valence-corrected chi connectivity index (χ0v) is 10.2. The quantitative estimate of drug-likeness (QED) is 0.827. The molecule has 0 amide bonds. The van der Waals surface area contributed by atoms with Crippen molar-refractivity contribution >= 4 is 22.9 Å². The lowest BCUT2D eigenvalue weighted by Gasteiger charge is -2.23. The molecule has 1 aliphatic rings. The van der Waals surface area contributed by atoms with E-state index in [1.165, 1.54) is 17.7 Å². The summed E-state index contributed by atoms with van der Waals surface area (Å²) >= 11 is 7.94. The molecule has 1 heterocycles. The first-order valence-corrected chi connectivity index (χ1v) is 6.39. The normalized spacial score (nSPS) is 20.8. The van der Waals surface area contributed by atoms with Crippen LogP contribution in [-0.2, 0) is 0 Å². The van der Waals surface area contributed by atoms with Gasteiger partial charge >= 0.3 is 0 Å². The van der Waals surface area contributed by atoms with E-state index in [1.807, 2.05) is 6.07 Å². The molecule has 1 aromatic rings. The summed E-state index contributed by atoms with van der Waals surface area (Å²) in [6.45, 7) is 5.51. The van der Waals surface area contributed by atoms with Gasteiger partial charge in [0.05, 0.1) is 5.02 Å². The van der Waals surface area contributed by atoms with Gasteiger partial charge in [0.15, 0.2) is 0 Å². The predicted octanol–water partition coefficient (Wildman–Crippen LogP) is 3.85. The van der Waals surface area contributed by atoms with Crippen LogP contribution < -0.4 is 5.32 Å². The van der Waals surface area contributed by atoms with Crippen LogP contribution in [0.1, 0.15) is 37.6 Å². The van der Waals surface area contributed by atoms with Crippen molar-refractivity contribution in [1.82, 2.24) is 5.32 Å². The Bertz CT molecular complexity index is 317. The number of rotatable bonds is 4. The van der Waals surface area contributed by atoms with Crippen molar-refractivity contribution < 1.29 is 0 Å². The summed E-state index contributed by atoms with van der Waals surface area (Å²) in [5.74, 6) is 0. The minimum atomic E-state index is 0.449. The van der Waals surface area contributed by atoms with Crippen molar-refractivity contribution in [2.75, 3.05) is 6.54 Å². The zero-order valence-electron chi connectivity index (χ0n) is 8.64. The summed E-state index contributed by atoms with van der Waals surface area (Å²) in [7, 11) is 0. The van der Waals surface area contributed by atoms with E-state index >= 15 is 0 Å². The summed E-state index contributed by atoms with van der Waals surface area (Å²) in [6.07, 6.45) is 2.64. The molecule has 78 valence electrons. The number of hydrogen-bond acceptors (Lipinski definition) is 2. The number of thiophene rings is 1. The minimum Gasteiger partial charge on any atom is -0.309 e. The molecule has 1 N–H and O–H groups in total. The van der Waals surface area contributed by atoms with Crippen molar-refractivity contribution in [3.05, 3.63) is 21.3 Å². The second-order valence-electron chi connectivity index (χ2n) is 4.28. The average molecular weight is 230 g/mol. The molecule has 1 saturated carbocycles. The SMILES string of the molecule is CCNC(c1sccc1Cl)C1(C)CC1. The topological polar surface area (TPSA) is 12.0 Å². The standard InChI is InChI=1S/C11H16ClNS/c1-3-13-10(11(2)5-6-11)9-8(12)4-7-14-9/h4,7,10,13H,3,5-6H2,1-2H3. The molecule has 0 bridgehead atoms. The van der Waals surface area contributed by atoms with Crippen LogP contribution in [0.4, 0.5) is 0 Å². The summed E-state index contributed by atoms with van der Waals surface area (Å²) in [5, 5.41) is 6.56. The third-order valence-corrected chi connectivity index (χ3v) is 4.47. The molecule has 0 aliphatic heterocycles. The van der Waals surface area contributed by atoms with E-state index in [0.29, 0.717) is 11.5 Å². The van der Waals surface area contributed by atoms with E-state index in [2.05, 4.69) is 24.5 Å². The Labute approximate surface area is 94.5 Å². The lowest BCUT2D eigenvalue weighted by atomic mass is 9.97. The molecule has 1 fully saturated rings. The Morgan fingerprint density at radius 3 is 2.79 bits per heavy atom. The van der Waals surface area contributed by atoms with Crippen molar-refractivity contribution in [2.45, 2.75) is 32.7 Å². The van der Waals surface area contributed by atoms with E-state index in [9.17, 15) is 0 Å². The summed E-state index contributed by atoms with van der Waals surface area (Å²) in [4.78, 5) is 1.31. The summed E-state index contributed by atoms with van der Waals surface area (Å²) in [6, 6.07) is 2.46. The highest BCUT2D eigenvalue weighted by Crippen LogP contribution is 2.56. The second-order valence-corrected chi connectivity index (χ2v) is 5.63. The van der Waals surface area contributed by atoms with Crippen molar-refractivity contribution in [1.29, 1.82) is 0 Å². The van der Waals surface area contributed by atoms with Crippen LogP contribution in [0, 0.1) is 5.41 Å². The molecule has 0 aromatic carbocycles. The molecular weight excluding hydrogens is 214 g/mol. The Morgan fingerprint density at radius 2 is 2.36 bits per heavy atom. The van der Waals surface area contributed by atoms with Crippen LogP contribution in [0.2, 0.25) is 5.02 Å². The van der Waals surface area contributed by atoms with Gasteiger partial charge < -0.3 is 5.32 Å². The first-order valence-electron chi connectivity index (χ1n) is 5.13. The fourth-order valence-corrected chi connectivity index (χ4v) is 3.27. The Balaban J connectivity index is 2.23. The first-order chi connectivity index (χ1) is 6.67. The second kappa shape index (κ2) is 3.84. The van der Waals surface area contributed by atoms with E-state index in [-0.39, 0.29) is 0 Å². The number of halogens is 1. The Kier molecular flexibility index (Phi) is 2.87. The smallest absolute Gasteiger partial charge is 0.0561 e. The fourth-order valence-electron chi connectivity index (χ4n) is 1.86. The van der Waals surface area contributed by atoms with Gasteiger partial charge in [0.1, 0.15) is 0 Å². The first kappa shape index (κ1) is 10.5. The summed E-state index contributed by atoms with van der Waals surface area (Å²) < 4.78 is 0. The van der Waals surface area contributed by atoms with Gasteiger partial charge in [-0.05, 0) is 36.2 Å². The van der Waals surface area contributed by atoms with E-state index in [1.54, 1.807) is 11.3 Å². The highest BCUT2D eigenvalue weighted by atomic mass is 35.5. The van der Waals surface area contributed by atoms with Crippen LogP contribution in [-0.4, -0.2) is 6.54 Å². The van der Waals surface area contributed by atoms with Gasteiger partial charge in [-0.1, -0.05) is 25.4 Å². The van der Waals surface area contributed by atoms with E-state index in [0.717, 1.165) is 11.6 Å². The zero-order chi connectivity index (χ0) is 10.2. The largest absolute Gasteiger partial charge is 0.309 e. The van der Waals surface area contributed by atoms with Crippen LogP contribution in [0.25, 0.3) is 0 Å². The molecule has 3 heteroatoms. The molecule has 0 radical (unpaired) electrons. The van der Waals surface area contributed by atoms with Crippen molar-refractivity contribution in [3.8, 4) is 0 Å².